The monoisotopic (exact) mass is 295 g/mol. The first-order valence-corrected chi connectivity index (χ1v) is 5.74. The van der Waals surface area contributed by atoms with Gasteiger partial charge in [-0.1, -0.05) is 0 Å². The molecule has 2 rings (SSSR count). The Hall–Kier alpha value is -2.97. The summed E-state index contributed by atoms with van der Waals surface area (Å²) >= 11 is 0. The normalized spacial score (nSPS) is 10.2. The number of aromatic amines is 1. The SMILES string of the molecule is COc1cc2c(=O)[nH]c(NC(=O)O)nc2c(OC)c1OC. The molecule has 0 atom stereocenters. The molecule has 21 heavy (non-hydrogen) atoms. The number of anilines is 1. The number of carboxylic acid groups (broad SMARTS) is 1. The summed E-state index contributed by atoms with van der Waals surface area (Å²) in [4.78, 5) is 29.0. The second kappa shape index (κ2) is 5.57. The van der Waals surface area contributed by atoms with Gasteiger partial charge in [0.05, 0.1) is 26.7 Å². The molecule has 0 aliphatic rings. The van der Waals surface area contributed by atoms with Crippen molar-refractivity contribution in [1.82, 2.24) is 9.97 Å². The number of hydrogen-bond donors (Lipinski definition) is 3. The fourth-order valence-electron chi connectivity index (χ4n) is 1.90. The van der Waals surface area contributed by atoms with Crippen LogP contribution in [0, 0.1) is 0 Å². The molecule has 0 spiro atoms. The Morgan fingerprint density at radius 3 is 2.43 bits per heavy atom. The molecule has 1 heterocycles. The van der Waals surface area contributed by atoms with Gasteiger partial charge in [0.25, 0.3) is 5.56 Å². The molecule has 1 aromatic carbocycles. The van der Waals surface area contributed by atoms with E-state index in [1.54, 1.807) is 0 Å². The lowest BCUT2D eigenvalue weighted by atomic mass is 10.2. The van der Waals surface area contributed by atoms with Gasteiger partial charge in [-0.05, 0) is 6.07 Å². The number of fused-ring (bicyclic) bond motifs is 1. The van der Waals surface area contributed by atoms with Crippen molar-refractivity contribution < 1.29 is 24.1 Å². The number of hydrogen-bond acceptors (Lipinski definition) is 6. The number of rotatable bonds is 4. The number of aromatic nitrogens is 2. The molecule has 0 unspecified atom stereocenters. The topological polar surface area (TPSA) is 123 Å². The average molecular weight is 295 g/mol. The molecular formula is C12H13N3O6. The van der Waals surface area contributed by atoms with Gasteiger partial charge in [0.1, 0.15) is 5.52 Å². The third-order valence-electron chi connectivity index (χ3n) is 2.73. The number of amides is 1. The van der Waals surface area contributed by atoms with Crippen molar-refractivity contribution in [3.8, 4) is 17.2 Å². The maximum atomic E-state index is 12.0. The summed E-state index contributed by atoms with van der Waals surface area (Å²) in [6.07, 6.45) is -1.35. The quantitative estimate of drug-likeness (QED) is 0.770. The molecule has 3 N–H and O–H groups in total. The van der Waals surface area contributed by atoms with E-state index in [4.69, 9.17) is 19.3 Å². The van der Waals surface area contributed by atoms with Crippen LogP contribution in [0.15, 0.2) is 10.9 Å². The molecule has 0 saturated heterocycles. The van der Waals surface area contributed by atoms with E-state index in [0.717, 1.165) is 0 Å². The maximum Gasteiger partial charge on any atom is 0.411 e. The molecule has 9 heteroatoms. The molecule has 2 aromatic rings. The molecule has 0 aliphatic carbocycles. The predicted octanol–water partition coefficient (Wildman–Crippen LogP) is 1.04. The molecule has 0 radical (unpaired) electrons. The van der Waals surface area contributed by atoms with Gasteiger partial charge >= 0.3 is 6.09 Å². The smallest absolute Gasteiger partial charge is 0.411 e. The number of methoxy groups -OCH3 is 3. The van der Waals surface area contributed by atoms with Crippen LogP contribution in [-0.2, 0) is 0 Å². The van der Waals surface area contributed by atoms with Gasteiger partial charge in [-0.25, -0.2) is 9.78 Å². The van der Waals surface area contributed by atoms with E-state index in [0.29, 0.717) is 5.75 Å². The standard InChI is InChI=1S/C12H13N3O6/c1-19-6-4-5-7(9(21-3)8(6)20-2)13-11(14-10(5)16)15-12(17)18/h4H,1-3H3,(H,17,18)(H2,13,14,15,16). The second-order valence-corrected chi connectivity index (χ2v) is 3.89. The molecule has 0 saturated carbocycles. The molecule has 0 bridgehead atoms. The van der Waals surface area contributed by atoms with Gasteiger partial charge < -0.3 is 19.3 Å². The van der Waals surface area contributed by atoms with E-state index < -0.39 is 11.7 Å². The van der Waals surface area contributed by atoms with E-state index in [2.05, 4.69) is 9.97 Å². The van der Waals surface area contributed by atoms with Crippen LogP contribution in [-0.4, -0.2) is 42.5 Å². The van der Waals surface area contributed by atoms with Gasteiger partial charge in [-0.3, -0.25) is 15.1 Å². The molecule has 0 fully saturated rings. The van der Waals surface area contributed by atoms with Gasteiger partial charge in [0.15, 0.2) is 11.5 Å². The Morgan fingerprint density at radius 2 is 1.90 bits per heavy atom. The number of nitrogens with one attached hydrogen (secondary N) is 2. The Labute approximate surface area is 118 Å². The van der Waals surface area contributed by atoms with Crippen LogP contribution >= 0.6 is 0 Å². The van der Waals surface area contributed by atoms with Crippen LogP contribution in [0.25, 0.3) is 10.9 Å². The highest BCUT2D eigenvalue weighted by molar-refractivity contribution is 5.91. The fraction of sp³-hybridized carbons (Fsp3) is 0.250. The van der Waals surface area contributed by atoms with E-state index in [-0.39, 0.29) is 28.4 Å². The number of H-pyrrole nitrogens is 1. The zero-order valence-electron chi connectivity index (χ0n) is 11.5. The molecule has 1 amide bonds. The zero-order valence-corrected chi connectivity index (χ0v) is 11.5. The Kier molecular flexibility index (Phi) is 3.83. The minimum Gasteiger partial charge on any atom is -0.493 e. The lowest BCUT2D eigenvalue weighted by molar-refractivity contribution is 0.209. The van der Waals surface area contributed by atoms with Gasteiger partial charge in [-0.2, -0.15) is 0 Å². The number of ether oxygens (including phenoxy) is 3. The fourth-order valence-corrected chi connectivity index (χ4v) is 1.90. The Morgan fingerprint density at radius 1 is 1.24 bits per heavy atom. The van der Waals surface area contributed by atoms with Crippen LogP contribution in [0.2, 0.25) is 0 Å². The van der Waals surface area contributed by atoms with Crippen molar-refractivity contribution in [2.24, 2.45) is 0 Å². The summed E-state index contributed by atoms with van der Waals surface area (Å²) in [5, 5.41) is 10.8. The minimum atomic E-state index is -1.35. The Balaban J connectivity index is 2.83. The largest absolute Gasteiger partial charge is 0.493 e. The molecule has 112 valence electrons. The van der Waals surface area contributed by atoms with Crippen molar-refractivity contribution in [2.45, 2.75) is 0 Å². The Bertz CT molecular complexity index is 755. The number of carbonyl (C=O) groups is 1. The highest BCUT2D eigenvalue weighted by atomic mass is 16.5. The van der Waals surface area contributed by atoms with Crippen LogP contribution in [0.1, 0.15) is 0 Å². The summed E-state index contributed by atoms with van der Waals surface area (Å²) < 4.78 is 15.5. The predicted molar refractivity (Wildman–Crippen MR) is 73.7 cm³/mol. The van der Waals surface area contributed by atoms with Crippen molar-refractivity contribution in [3.63, 3.8) is 0 Å². The third kappa shape index (κ3) is 2.53. The number of benzene rings is 1. The third-order valence-corrected chi connectivity index (χ3v) is 2.73. The first kappa shape index (κ1) is 14.4. The van der Waals surface area contributed by atoms with Crippen LogP contribution in [0.3, 0.4) is 0 Å². The van der Waals surface area contributed by atoms with E-state index in [9.17, 15) is 9.59 Å². The van der Waals surface area contributed by atoms with Crippen LogP contribution in [0.5, 0.6) is 17.2 Å². The van der Waals surface area contributed by atoms with Crippen molar-refractivity contribution >= 4 is 22.9 Å². The van der Waals surface area contributed by atoms with E-state index >= 15 is 0 Å². The second-order valence-electron chi connectivity index (χ2n) is 3.89. The van der Waals surface area contributed by atoms with Crippen LogP contribution < -0.4 is 25.1 Å². The van der Waals surface area contributed by atoms with Gasteiger partial charge in [-0.15, -0.1) is 0 Å². The first-order valence-electron chi connectivity index (χ1n) is 5.74. The van der Waals surface area contributed by atoms with Crippen molar-refractivity contribution in [2.75, 3.05) is 26.6 Å². The molecule has 1 aromatic heterocycles. The minimum absolute atomic E-state index is 0.155. The molecule has 9 nitrogen and oxygen atoms in total. The summed E-state index contributed by atoms with van der Waals surface area (Å²) in [7, 11) is 4.21. The highest BCUT2D eigenvalue weighted by Crippen LogP contribution is 2.41. The lowest BCUT2D eigenvalue weighted by Gasteiger charge is -2.14. The number of nitrogens with zero attached hydrogens (tertiary/aromatic N) is 1. The lowest BCUT2D eigenvalue weighted by Crippen LogP contribution is -2.17. The maximum absolute atomic E-state index is 12.0. The van der Waals surface area contributed by atoms with Gasteiger partial charge in [0, 0.05) is 0 Å². The van der Waals surface area contributed by atoms with Crippen LogP contribution in [0.4, 0.5) is 10.7 Å². The van der Waals surface area contributed by atoms with Crippen molar-refractivity contribution in [3.05, 3.63) is 16.4 Å². The average Bonchev–Trinajstić information content (AvgIpc) is 2.44. The van der Waals surface area contributed by atoms with E-state index in [1.165, 1.54) is 27.4 Å². The molecule has 0 aliphatic heterocycles. The highest BCUT2D eigenvalue weighted by Gasteiger charge is 2.19. The summed E-state index contributed by atoms with van der Waals surface area (Å²) in [5.41, 5.74) is -0.384. The zero-order chi connectivity index (χ0) is 15.6. The summed E-state index contributed by atoms with van der Waals surface area (Å²) in [5.74, 6) is 0.511. The van der Waals surface area contributed by atoms with E-state index in [1.807, 2.05) is 5.32 Å². The summed E-state index contributed by atoms with van der Waals surface area (Å²) in [6, 6.07) is 1.44. The first-order chi connectivity index (χ1) is 10.0. The van der Waals surface area contributed by atoms with Crippen molar-refractivity contribution in [1.29, 1.82) is 0 Å². The van der Waals surface area contributed by atoms with Gasteiger partial charge in [0.2, 0.25) is 11.7 Å². The summed E-state index contributed by atoms with van der Waals surface area (Å²) in [6.45, 7) is 0. The molecular weight excluding hydrogens is 282 g/mol.